The van der Waals surface area contributed by atoms with Gasteiger partial charge in [0.05, 0.1) is 6.54 Å². The fraction of sp³-hybridized carbons (Fsp3) is 0.636. The lowest BCUT2D eigenvalue weighted by atomic mass is 10.3. The smallest absolute Gasteiger partial charge is 0.305 e. The van der Waals surface area contributed by atoms with E-state index in [4.69, 9.17) is 4.74 Å². The predicted molar refractivity (Wildman–Crippen MR) is 58.3 cm³/mol. The van der Waals surface area contributed by atoms with Gasteiger partial charge in [0.1, 0.15) is 6.61 Å². The van der Waals surface area contributed by atoms with Crippen LogP contribution in [0.4, 0.5) is 0 Å². The summed E-state index contributed by atoms with van der Waals surface area (Å²) in [6, 6.07) is 0.0795. The van der Waals surface area contributed by atoms with Crippen molar-refractivity contribution in [2.24, 2.45) is 0 Å². The van der Waals surface area contributed by atoms with Crippen LogP contribution in [0.3, 0.4) is 0 Å². The van der Waals surface area contributed by atoms with Crippen molar-refractivity contribution in [2.45, 2.75) is 33.2 Å². The molecule has 0 rings (SSSR count). The van der Waals surface area contributed by atoms with Crippen molar-refractivity contribution in [3.8, 4) is 0 Å². The summed E-state index contributed by atoms with van der Waals surface area (Å²) in [5.74, 6) is -0.387. The zero-order valence-electron chi connectivity index (χ0n) is 9.66. The number of esters is 1. The maximum atomic E-state index is 11.4. The lowest BCUT2D eigenvalue weighted by Crippen LogP contribution is -2.38. The Balaban J connectivity index is 4.03. The van der Waals surface area contributed by atoms with Crippen molar-refractivity contribution in [1.29, 1.82) is 0 Å². The maximum absolute atomic E-state index is 11.4. The van der Waals surface area contributed by atoms with Crippen LogP contribution in [0.2, 0.25) is 0 Å². The summed E-state index contributed by atoms with van der Waals surface area (Å²) in [6.45, 7) is 9.62. The quantitative estimate of drug-likeness (QED) is 0.494. The van der Waals surface area contributed by atoms with Gasteiger partial charge in [-0.1, -0.05) is 13.5 Å². The van der Waals surface area contributed by atoms with E-state index in [1.165, 1.54) is 6.08 Å². The molecule has 15 heavy (non-hydrogen) atoms. The molecule has 0 spiro atoms. The lowest BCUT2D eigenvalue weighted by molar-refractivity contribution is -0.145. The number of amides is 1. The van der Waals surface area contributed by atoms with E-state index in [9.17, 15) is 9.59 Å². The van der Waals surface area contributed by atoms with Crippen molar-refractivity contribution in [2.75, 3.05) is 13.2 Å². The monoisotopic (exact) mass is 213 g/mol. The predicted octanol–water partition coefficient (Wildman–Crippen LogP) is 1.36. The third-order valence-corrected chi connectivity index (χ3v) is 1.96. The van der Waals surface area contributed by atoms with E-state index < -0.39 is 0 Å². The fourth-order valence-corrected chi connectivity index (χ4v) is 1.10. The lowest BCUT2D eigenvalue weighted by Gasteiger charge is -2.25. The summed E-state index contributed by atoms with van der Waals surface area (Å²) < 4.78 is 4.90. The first kappa shape index (κ1) is 13.7. The van der Waals surface area contributed by atoms with Gasteiger partial charge in [0.2, 0.25) is 5.91 Å². The van der Waals surface area contributed by atoms with Gasteiger partial charge in [-0.15, -0.1) is 0 Å². The Morgan fingerprint density at radius 1 is 1.47 bits per heavy atom. The Hall–Kier alpha value is -1.32. The number of carbonyl (C=O) groups excluding carboxylic acids is 2. The van der Waals surface area contributed by atoms with Crippen molar-refractivity contribution < 1.29 is 14.3 Å². The molecule has 0 atom stereocenters. The van der Waals surface area contributed by atoms with E-state index in [1.807, 2.05) is 13.8 Å². The van der Waals surface area contributed by atoms with Crippen LogP contribution in [0.5, 0.6) is 0 Å². The minimum Gasteiger partial charge on any atom is -0.464 e. The van der Waals surface area contributed by atoms with Crippen molar-refractivity contribution >= 4 is 11.9 Å². The van der Waals surface area contributed by atoms with Crippen LogP contribution >= 0.6 is 0 Å². The van der Waals surface area contributed by atoms with E-state index in [-0.39, 0.29) is 24.5 Å². The maximum Gasteiger partial charge on any atom is 0.305 e. The molecular formula is C11H19NO3. The van der Waals surface area contributed by atoms with Gasteiger partial charge in [-0.2, -0.15) is 0 Å². The van der Waals surface area contributed by atoms with Crippen molar-refractivity contribution in [1.82, 2.24) is 4.90 Å². The third-order valence-electron chi connectivity index (χ3n) is 1.96. The summed E-state index contributed by atoms with van der Waals surface area (Å²) in [7, 11) is 0. The van der Waals surface area contributed by atoms with Gasteiger partial charge >= 0.3 is 5.97 Å². The van der Waals surface area contributed by atoms with Gasteiger partial charge in [0.15, 0.2) is 0 Å². The second kappa shape index (κ2) is 7.04. The summed E-state index contributed by atoms with van der Waals surface area (Å²) in [6.07, 6.45) is 1.62. The number of ether oxygens (including phenoxy) is 1. The zero-order valence-corrected chi connectivity index (χ0v) is 9.66. The topological polar surface area (TPSA) is 46.6 Å². The molecule has 86 valence electrons. The first-order valence-electron chi connectivity index (χ1n) is 5.11. The number of carbonyl (C=O) groups is 2. The summed E-state index contributed by atoms with van der Waals surface area (Å²) in [5.41, 5.74) is 0. The SMILES string of the molecule is C=CC(=O)N(CCOC(=O)CC)C(C)C. The molecule has 0 heterocycles. The Kier molecular flexibility index (Phi) is 6.42. The number of hydrogen-bond donors (Lipinski definition) is 0. The average molecular weight is 213 g/mol. The second-order valence-corrected chi connectivity index (χ2v) is 3.40. The highest BCUT2D eigenvalue weighted by Gasteiger charge is 2.13. The highest BCUT2D eigenvalue weighted by molar-refractivity contribution is 5.87. The molecular weight excluding hydrogens is 194 g/mol. The van der Waals surface area contributed by atoms with Crippen LogP contribution in [0, 0.1) is 0 Å². The van der Waals surface area contributed by atoms with Gasteiger partial charge in [0.25, 0.3) is 0 Å². The molecule has 0 aromatic rings. The van der Waals surface area contributed by atoms with E-state index in [0.717, 1.165) is 0 Å². The van der Waals surface area contributed by atoms with Gasteiger partial charge in [0, 0.05) is 12.5 Å². The Labute approximate surface area is 90.9 Å². The largest absolute Gasteiger partial charge is 0.464 e. The summed E-state index contributed by atoms with van der Waals surface area (Å²) >= 11 is 0. The normalized spacial score (nSPS) is 9.87. The highest BCUT2D eigenvalue weighted by atomic mass is 16.5. The molecule has 0 saturated heterocycles. The molecule has 0 aliphatic carbocycles. The van der Waals surface area contributed by atoms with E-state index in [2.05, 4.69) is 6.58 Å². The summed E-state index contributed by atoms with van der Waals surface area (Å²) in [5, 5.41) is 0. The number of hydrogen-bond acceptors (Lipinski definition) is 3. The van der Waals surface area contributed by atoms with Gasteiger partial charge in [-0.05, 0) is 19.9 Å². The van der Waals surface area contributed by atoms with E-state index in [0.29, 0.717) is 13.0 Å². The van der Waals surface area contributed by atoms with Crippen molar-refractivity contribution in [3.63, 3.8) is 0 Å². The minimum atomic E-state index is -0.246. The standard InChI is InChI=1S/C11H19NO3/c1-5-10(13)12(9(3)4)7-8-15-11(14)6-2/h5,9H,1,6-8H2,2-4H3. The molecule has 0 aliphatic rings. The van der Waals surface area contributed by atoms with E-state index >= 15 is 0 Å². The average Bonchev–Trinajstić information content (AvgIpc) is 2.22. The first-order chi connectivity index (χ1) is 7.02. The molecule has 0 fully saturated rings. The molecule has 0 aromatic heterocycles. The molecule has 1 amide bonds. The molecule has 0 unspecified atom stereocenters. The van der Waals surface area contributed by atoms with Crippen LogP contribution in [-0.2, 0) is 14.3 Å². The van der Waals surface area contributed by atoms with Crippen LogP contribution in [0.1, 0.15) is 27.2 Å². The Morgan fingerprint density at radius 2 is 2.07 bits per heavy atom. The van der Waals surface area contributed by atoms with Gasteiger partial charge in [-0.3, -0.25) is 9.59 Å². The number of rotatable bonds is 6. The van der Waals surface area contributed by atoms with Crippen LogP contribution in [0.15, 0.2) is 12.7 Å². The minimum absolute atomic E-state index is 0.0795. The molecule has 0 saturated carbocycles. The first-order valence-corrected chi connectivity index (χ1v) is 5.11. The van der Waals surface area contributed by atoms with E-state index in [1.54, 1.807) is 11.8 Å². The van der Waals surface area contributed by atoms with Gasteiger partial charge in [-0.25, -0.2) is 0 Å². The third kappa shape index (κ3) is 5.20. The van der Waals surface area contributed by atoms with Crippen LogP contribution in [0.25, 0.3) is 0 Å². The summed E-state index contributed by atoms with van der Waals surface area (Å²) in [4.78, 5) is 23.8. The molecule has 0 bridgehead atoms. The molecule has 0 N–H and O–H groups in total. The van der Waals surface area contributed by atoms with Crippen LogP contribution in [-0.4, -0.2) is 36.0 Å². The molecule has 4 nitrogen and oxygen atoms in total. The zero-order chi connectivity index (χ0) is 11.8. The molecule has 0 aliphatic heterocycles. The number of nitrogens with zero attached hydrogens (tertiary/aromatic N) is 1. The fourth-order valence-electron chi connectivity index (χ4n) is 1.10. The Bertz CT molecular complexity index is 236. The van der Waals surface area contributed by atoms with Crippen LogP contribution < -0.4 is 0 Å². The molecule has 0 radical (unpaired) electrons. The van der Waals surface area contributed by atoms with Crippen molar-refractivity contribution in [3.05, 3.63) is 12.7 Å². The Morgan fingerprint density at radius 3 is 2.47 bits per heavy atom. The van der Waals surface area contributed by atoms with Gasteiger partial charge < -0.3 is 9.64 Å². The molecule has 4 heteroatoms. The highest BCUT2D eigenvalue weighted by Crippen LogP contribution is 1.99. The second-order valence-electron chi connectivity index (χ2n) is 3.40. The molecule has 0 aromatic carbocycles.